The first-order valence-electron chi connectivity index (χ1n) is 6.58. The third kappa shape index (κ3) is 2.15. The zero-order valence-electron chi connectivity index (χ0n) is 11.1. The number of hydrogen-bond acceptors (Lipinski definition) is 2. The van der Waals surface area contributed by atoms with Crippen molar-refractivity contribution in [3.8, 4) is 0 Å². The molecule has 3 aromatic rings. The monoisotopic (exact) mass is 254 g/mol. The van der Waals surface area contributed by atoms with E-state index in [1.165, 1.54) is 22.2 Å². The van der Waals surface area contributed by atoms with E-state index in [9.17, 15) is 0 Å². The molecule has 0 saturated heterocycles. The molecule has 0 amide bonds. The van der Waals surface area contributed by atoms with E-state index in [4.69, 9.17) is 5.73 Å². The number of fused-ring (bicyclic) bond motifs is 1. The minimum atomic E-state index is 0.587. The van der Waals surface area contributed by atoms with Crippen LogP contribution in [0.15, 0.2) is 43.0 Å². The number of nitrogens with two attached hydrogens (primary N) is 1. The van der Waals surface area contributed by atoms with Gasteiger partial charge in [0.25, 0.3) is 0 Å². The standard InChI is InChI=1S/C15H18N4/c1-2-18-11-17-9-14(18)10-19-6-5-13-7-12(8-16)3-4-15(13)19/h3-7,9,11H,2,8,10,16H2,1H3. The highest BCUT2D eigenvalue weighted by atomic mass is 15.1. The van der Waals surface area contributed by atoms with Gasteiger partial charge in [-0.1, -0.05) is 6.07 Å². The Labute approximate surface area is 112 Å². The van der Waals surface area contributed by atoms with E-state index in [-0.39, 0.29) is 0 Å². The number of aromatic nitrogens is 3. The second kappa shape index (κ2) is 4.90. The van der Waals surface area contributed by atoms with Crippen molar-refractivity contribution in [1.82, 2.24) is 14.1 Å². The van der Waals surface area contributed by atoms with Crippen LogP contribution >= 0.6 is 0 Å². The molecule has 0 atom stereocenters. The molecule has 2 aromatic heterocycles. The predicted octanol–water partition coefficient (Wildman–Crippen LogP) is 2.36. The summed E-state index contributed by atoms with van der Waals surface area (Å²) in [5.74, 6) is 0. The highest BCUT2D eigenvalue weighted by Crippen LogP contribution is 2.19. The molecule has 19 heavy (non-hydrogen) atoms. The van der Waals surface area contributed by atoms with Gasteiger partial charge in [-0.2, -0.15) is 0 Å². The molecule has 0 aliphatic heterocycles. The summed E-state index contributed by atoms with van der Waals surface area (Å²) in [6.45, 7) is 4.52. The Kier molecular flexibility index (Phi) is 3.09. The molecule has 0 saturated carbocycles. The van der Waals surface area contributed by atoms with Gasteiger partial charge in [-0.25, -0.2) is 4.98 Å². The summed E-state index contributed by atoms with van der Waals surface area (Å²) in [6.07, 6.45) is 5.94. The Morgan fingerprint density at radius 2 is 2.11 bits per heavy atom. The largest absolute Gasteiger partial charge is 0.341 e. The Bertz CT molecular complexity index is 693. The third-order valence-electron chi connectivity index (χ3n) is 3.54. The zero-order chi connectivity index (χ0) is 13.2. The summed E-state index contributed by atoms with van der Waals surface area (Å²) in [7, 11) is 0. The summed E-state index contributed by atoms with van der Waals surface area (Å²) >= 11 is 0. The van der Waals surface area contributed by atoms with Crippen molar-refractivity contribution in [3.05, 3.63) is 54.2 Å². The molecule has 0 radical (unpaired) electrons. The van der Waals surface area contributed by atoms with Crippen molar-refractivity contribution in [2.75, 3.05) is 0 Å². The second-order valence-corrected chi connectivity index (χ2v) is 4.71. The van der Waals surface area contributed by atoms with Gasteiger partial charge in [0.05, 0.1) is 18.6 Å². The van der Waals surface area contributed by atoms with Crippen LogP contribution < -0.4 is 5.73 Å². The number of hydrogen-bond donors (Lipinski definition) is 1. The van der Waals surface area contributed by atoms with Crippen LogP contribution in [-0.4, -0.2) is 14.1 Å². The van der Waals surface area contributed by atoms with Crippen LogP contribution in [0.3, 0.4) is 0 Å². The third-order valence-corrected chi connectivity index (χ3v) is 3.54. The van der Waals surface area contributed by atoms with Crippen LogP contribution in [0.25, 0.3) is 10.9 Å². The number of benzene rings is 1. The first kappa shape index (κ1) is 12.0. The topological polar surface area (TPSA) is 48.8 Å². The minimum Gasteiger partial charge on any atom is -0.341 e. The lowest BCUT2D eigenvalue weighted by atomic mass is 10.1. The summed E-state index contributed by atoms with van der Waals surface area (Å²) in [5.41, 5.74) is 9.31. The van der Waals surface area contributed by atoms with Gasteiger partial charge in [0.2, 0.25) is 0 Å². The van der Waals surface area contributed by atoms with E-state index in [2.05, 4.69) is 51.5 Å². The Balaban J connectivity index is 1.97. The molecule has 0 bridgehead atoms. The molecular weight excluding hydrogens is 236 g/mol. The molecular formula is C15H18N4. The molecule has 4 heteroatoms. The van der Waals surface area contributed by atoms with Crippen molar-refractivity contribution in [2.24, 2.45) is 5.73 Å². The average Bonchev–Trinajstić information content (AvgIpc) is 3.05. The Morgan fingerprint density at radius 1 is 1.21 bits per heavy atom. The van der Waals surface area contributed by atoms with Crippen molar-refractivity contribution in [1.29, 1.82) is 0 Å². The molecule has 0 fully saturated rings. The fourth-order valence-electron chi connectivity index (χ4n) is 2.45. The van der Waals surface area contributed by atoms with E-state index >= 15 is 0 Å². The maximum Gasteiger partial charge on any atom is 0.0948 e. The first-order chi connectivity index (χ1) is 9.31. The minimum absolute atomic E-state index is 0.587. The zero-order valence-corrected chi connectivity index (χ0v) is 11.1. The van der Waals surface area contributed by atoms with E-state index in [0.717, 1.165) is 13.1 Å². The number of aryl methyl sites for hydroxylation is 1. The Hall–Kier alpha value is -2.07. The van der Waals surface area contributed by atoms with Crippen LogP contribution in [0.1, 0.15) is 18.2 Å². The quantitative estimate of drug-likeness (QED) is 0.777. The van der Waals surface area contributed by atoms with Gasteiger partial charge in [-0.15, -0.1) is 0 Å². The first-order valence-corrected chi connectivity index (χ1v) is 6.58. The normalized spacial score (nSPS) is 11.3. The van der Waals surface area contributed by atoms with Crippen molar-refractivity contribution >= 4 is 10.9 Å². The number of imidazole rings is 1. The number of rotatable bonds is 4. The molecule has 0 aliphatic carbocycles. The van der Waals surface area contributed by atoms with Crippen molar-refractivity contribution < 1.29 is 0 Å². The smallest absolute Gasteiger partial charge is 0.0948 e. The van der Waals surface area contributed by atoms with Crippen LogP contribution in [0.4, 0.5) is 0 Å². The summed E-state index contributed by atoms with van der Waals surface area (Å²) in [6, 6.07) is 8.53. The highest BCUT2D eigenvalue weighted by Gasteiger charge is 2.05. The van der Waals surface area contributed by atoms with Gasteiger partial charge in [0.15, 0.2) is 0 Å². The second-order valence-electron chi connectivity index (χ2n) is 4.71. The molecule has 3 rings (SSSR count). The van der Waals surface area contributed by atoms with E-state index in [1.807, 2.05) is 12.5 Å². The molecule has 0 spiro atoms. The van der Waals surface area contributed by atoms with Crippen LogP contribution in [-0.2, 0) is 19.6 Å². The summed E-state index contributed by atoms with van der Waals surface area (Å²) in [5, 5.41) is 1.24. The van der Waals surface area contributed by atoms with Crippen LogP contribution in [0, 0.1) is 0 Å². The predicted molar refractivity (Wildman–Crippen MR) is 76.8 cm³/mol. The highest BCUT2D eigenvalue weighted by molar-refractivity contribution is 5.81. The maximum atomic E-state index is 5.68. The van der Waals surface area contributed by atoms with Gasteiger partial charge >= 0.3 is 0 Å². The fraction of sp³-hybridized carbons (Fsp3) is 0.267. The van der Waals surface area contributed by atoms with E-state index in [0.29, 0.717) is 6.54 Å². The summed E-state index contributed by atoms with van der Waals surface area (Å²) < 4.78 is 4.42. The molecule has 0 unspecified atom stereocenters. The molecule has 2 heterocycles. The van der Waals surface area contributed by atoms with Gasteiger partial charge in [-0.3, -0.25) is 0 Å². The SMILES string of the molecule is CCn1cncc1Cn1ccc2cc(CN)ccc21. The molecule has 0 aliphatic rings. The maximum absolute atomic E-state index is 5.68. The molecule has 98 valence electrons. The number of nitrogens with zero attached hydrogens (tertiary/aromatic N) is 3. The van der Waals surface area contributed by atoms with E-state index in [1.54, 1.807) is 0 Å². The lowest BCUT2D eigenvalue weighted by molar-refractivity contribution is 0.679. The van der Waals surface area contributed by atoms with Crippen molar-refractivity contribution in [2.45, 2.75) is 26.6 Å². The fourth-order valence-corrected chi connectivity index (χ4v) is 2.45. The van der Waals surface area contributed by atoms with E-state index < -0.39 is 0 Å². The van der Waals surface area contributed by atoms with Gasteiger partial charge < -0.3 is 14.9 Å². The molecule has 4 nitrogen and oxygen atoms in total. The van der Waals surface area contributed by atoms with Crippen LogP contribution in [0.5, 0.6) is 0 Å². The lowest BCUT2D eigenvalue weighted by Crippen LogP contribution is -2.05. The average molecular weight is 254 g/mol. The molecule has 2 N–H and O–H groups in total. The lowest BCUT2D eigenvalue weighted by Gasteiger charge is -2.08. The van der Waals surface area contributed by atoms with Gasteiger partial charge in [-0.05, 0) is 36.1 Å². The van der Waals surface area contributed by atoms with Crippen LogP contribution in [0.2, 0.25) is 0 Å². The molecule has 1 aromatic carbocycles. The van der Waals surface area contributed by atoms with Crippen molar-refractivity contribution in [3.63, 3.8) is 0 Å². The Morgan fingerprint density at radius 3 is 2.89 bits per heavy atom. The van der Waals surface area contributed by atoms with Gasteiger partial charge in [0.1, 0.15) is 0 Å². The summed E-state index contributed by atoms with van der Waals surface area (Å²) in [4.78, 5) is 4.21. The van der Waals surface area contributed by atoms with Gasteiger partial charge in [0, 0.05) is 31.0 Å².